The molecule has 3 rings (SSSR count). The fourth-order valence-electron chi connectivity index (χ4n) is 3.51. The lowest BCUT2D eigenvalue weighted by Crippen LogP contribution is -2.27. The van der Waals surface area contributed by atoms with Crippen LogP contribution in [0, 0.1) is 17.0 Å². The van der Waals surface area contributed by atoms with Crippen molar-refractivity contribution in [2.24, 2.45) is 0 Å². The zero-order chi connectivity index (χ0) is 18.5. The lowest BCUT2D eigenvalue weighted by molar-refractivity contribution is -0.384. The normalized spacial score (nSPS) is 17.2. The molecule has 1 unspecified atom stereocenters. The highest BCUT2D eigenvalue weighted by molar-refractivity contribution is 5.91. The molecule has 2 aromatic carbocycles. The first kappa shape index (κ1) is 18.1. The molecule has 1 aliphatic heterocycles. The average molecular weight is 353 g/mol. The summed E-state index contributed by atoms with van der Waals surface area (Å²) in [5, 5.41) is 13.7. The minimum absolute atomic E-state index is 0.0308. The van der Waals surface area contributed by atoms with E-state index in [1.807, 2.05) is 6.07 Å². The summed E-state index contributed by atoms with van der Waals surface area (Å²) in [6.07, 6.45) is 2.66. The number of rotatable bonds is 6. The Balaban J connectivity index is 1.56. The van der Waals surface area contributed by atoms with Crippen molar-refractivity contribution in [2.45, 2.75) is 32.2 Å². The highest BCUT2D eigenvalue weighted by Gasteiger charge is 2.25. The molecule has 0 spiro atoms. The van der Waals surface area contributed by atoms with Gasteiger partial charge in [0, 0.05) is 36.8 Å². The number of likely N-dealkylation sites (tertiary alicyclic amines) is 1. The largest absolute Gasteiger partial charge is 0.326 e. The quantitative estimate of drug-likeness (QED) is 0.627. The van der Waals surface area contributed by atoms with Gasteiger partial charge in [-0.15, -0.1) is 0 Å². The van der Waals surface area contributed by atoms with E-state index in [0.29, 0.717) is 30.3 Å². The van der Waals surface area contributed by atoms with E-state index in [1.165, 1.54) is 17.7 Å². The maximum absolute atomic E-state index is 12.3. The van der Waals surface area contributed by atoms with Crippen LogP contribution in [0.3, 0.4) is 0 Å². The van der Waals surface area contributed by atoms with Gasteiger partial charge in [0.2, 0.25) is 5.91 Å². The summed E-state index contributed by atoms with van der Waals surface area (Å²) in [7, 11) is 0. The van der Waals surface area contributed by atoms with E-state index in [1.54, 1.807) is 13.0 Å². The van der Waals surface area contributed by atoms with E-state index < -0.39 is 4.92 Å². The van der Waals surface area contributed by atoms with E-state index in [-0.39, 0.29) is 11.6 Å². The van der Waals surface area contributed by atoms with Crippen molar-refractivity contribution < 1.29 is 9.72 Å². The molecule has 6 nitrogen and oxygen atoms in total. The standard InChI is InChI=1S/C20H23N3O3/c1-15-14-17(23(25)26)9-10-18(15)21-20(24)11-13-22-12-5-8-19(22)16-6-3-2-4-7-16/h2-4,6-7,9-10,14,19H,5,8,11-13H2,1H3,(H,21,24). The Labute approximate surface area is 153 Å². The molecule has 0 bridgehead atoms. The fourth-order valence-corrected chi connectivity index (χ4v) is 3.51. The Morgan fingerprint density at radius 1 is 1.27 bits per heavy atom. The number of hydrogen-bond donors (Lipinski definition) is 1. The van der Waals surface area contributed by atoms with Gasteiger partial charge in [0.05, 0.1) is 4.92 Å². The summed E-state index contributed by atoms with van der Waals surface area (Å²) in [5.74, 6) is -0.0688. The molecule has 26 heavy (non-hydrogen) atoms. The van der Waals surface area contributed by atoms with Gasteiger partial charge < -0.3 is 5.32 Å². The molecule has 1 saturated heterocycles. The summed E-state index contributed by atoms with van der Waals surface area (Å²) in [6.45, 7) is 3.47. The van der Waals surface area contributed by atoms with Crippen LogP contribution >= 0.6 is 0 Å². The maximum atomic E-state index is 12.3. The predicted octanol–water partition coefficient (Wildman–Crippen LogP) is 4.07. The summed E-state index contributed by atoms with van der Waals surface area (Å²) in [5.41, 5.74) is 2.65. The third-order valence-corrected chi connectivity index (χ3v) is 4.87. The monoisotopic (exact) mass is 353 g/mol. The van der Waals surface area contributed by atoms with Crippen molar-refractivity contribution >= 4 is 17.3 Å². The van der Waals surface area contributed by atoms with Crippen LogP contribution in [0.15, 0.2) is 48.5 Å². The zero-order valence-corrected chi connectivity index (χ0v) is 14.9. The van der Waals surface area contributed by atoms with Gasteiger partial charge in [-0.2, -0.15) is 0 Å². The smallest absolute Gasteiger partial charge is 0.269 e. The molecule has 2 aromatic rings. The summed E-state index contributed by atoms with van der Waals surface area (Å²) < 4.78 is 0. The minimum atomic E-state index is -0.435. The Kier molecular flexibility index (Phi) is 5.63. The first-order valence-electron chi connectivity index (χ1n) is 8.88. The van der Waals surface area contributed by atoms with Crippen LogP contribution in [-0.4, -0.2) is 28.8 Å². The topological polar surface area (TPSA) is 75.5 Å². The van der Waals surface area contributed by atoms with Crippen molar-refractivity contribution in [3.05, 3.63) is 69.8 Å². The molecule has 1 N–H and O–H groups in total. The van der Waals surface area contributed by atoms with Gasteiger partial charge in [-0.3, -0.25) is 19.8 Å². The lowest BCUT2D eigenvalue weighted by Gasteiger charge is -2.24. The number of nitrogens with zero attached hydrogens (tertiary/aromatic N) is 2. The van der Waals surface area contributed by atoms with Crippen molar-refractivity contribution in [3.63, 3.8) is 0 Å². The van der Waals surface area contributed by atoms with Gasteiger partial charge in [-0.25, -0.2) is 0 Å². The second-order valence-electron chi connectivity index (χ2n) is 6.66. The molecule has 1 fully saturated rings. The number of nitro groups is 1. The molecule has 1 aliphatic rings. The zero-order valence-electron chi connectivity index (χ0n) is 14.9. The summed E-state index contributed by atoms with van der Waals surface area (Å²) in [4.78, 5) is 25.0. The molecule has 1 heterocycles. The van der Waals surface area contributed by atoms with Crippen LogP contribution in [-0.2, 0) is 4.79 Å². The third-order valence-electron chi connectivity index (χ3n) is 4.87. The minimum Gasteiger partial charge on any atom is -0.326 e. The number of amides is 1. The second-order valence-corrected chi connectivity index (χ2v) is 6.66. The molecule has 1 amide bonds. The first-order valence-corrected chi connectivity index (χ1v) is 8.88. The SMILES string of the molecule is Cc1cc([N+](=O)[O-])ccc1NC(=O)CCN1CCCC1c1ccccc1. The molecular weight excluding hydrogens is 330 g/mol. The van der Waals surface area contributed by atoms with Gasteiger partial charge in [0.1, 0.15) is 0 Å². The average Bonchev–Trinajstić information content (AvgIpc) is 3.11. The van der Waals surface area contributed by atoms with Crippen LogP contribution in [0.25, 0.3) is 0 Å². The Bertz CT molecular complexity index is 792. The van der Waals surface area contributed by atoms with E-state index in [0.717, 1.165) is 19.4 Å². The van der Waals surface area contributed by atoms with Crippen molar-refractivity contribution in [2.75, 3.05) is 18.4 Å². The number of carbonyl (C=O) groups is 1. The van der Waals surface area contributed by atoms with Crippen LogP contribution < -0.4 is 5.32 Å². The van der Waals surface area contributed by atoms with Crippen LogP contribution in [0.5, 0.6) is 0 Å². The van der Waals surface area contributed by atoms with Gasteiger partial charge in [-0.1, -0.05) is 30.3 Å². The molecular formula is C20H23N3O3. The van der Waals surface area contributed by atoms with Crippen molar-refractivity contribution in [1.82, 2.24) is 4.90 Å². The predicted molar refractivity (Wildman–Crippen MR) is 101 cm³/mol. The Morgan fingerprint density at radius 3 is 2.73 bits per heavy atom. The number of anilines is 1. The van der Waals surface area contributed by atoms with Gasteiger partial charge in [0.15, 0.2) is 0 Å². The van der Waals surface area contributed by atoms with E-state index in [4.69, 9.17) is 0 Å². The Hall–Kier alpha value is -2.73. The molecule has 0 aromatic heterocycles. The van der Waals surface area contributed by atoms with Gasteiger partial charge >= 0.3 is 0 Å². The van der Waals surface area contributed by atoms with E-state index >= 15 is 0 Å². The van der Waals surface area contributed by atoms with Gasteiger partial charge in [-0.05, 0) is 43.5 Å². The van der Waals surface area contributed by atoms with Gasteiger partial charge in [0.25, 0.3) is 5.69 Å². The summed E-state index contributed by atoms with van der Waals surface area (Å²) in [6, 6.07) is 15.3. The molecule has 1 atom stereocenters. The number of nitro benzene ring substituents is 1. The van der Waals surface area contributed by atoms with E-state index in [9.17, 15) is 14.9 Å². The van der Waals surface area contributed by atoms with E-state index in [2.05, 4.69) is 34.5 Å². The number of nitrogens with one attached hydrogen (secondary N) is 1. The number of aryl methyl sites for hydroxylation is 1. The van der Waals surface area contributed by atoms with Crippen LogP contribution in [0.2, 0.25) is 0 Å². The van der Waals surface area contributed by atoms with Crippen molar-refractivity contribution in [3.8, 4) is 0 Å². The highest BCUT2D eigenvalue weighted by Crippen LogP contribution is 2.31. The highest BCUT2D eigenvalue weighted by atomic mass is 16.6. The fraction of sp³-hybridized carbons (Fsp3) is 0.350. The number of benzene rings is 2. The number of hydrogen-bond acceptors (Lipinski definition) is 4. The number of carbonyl (C=O) groups excluding carboxylic acids is 1. The maximum Gasteiger partial charge on any atom is 0.269 e. The van der Waals surface area contributed by atoms with Crippen molar-refractivity contribution in [1.29, 1.82) is 0 Å². The molecule has 6 heteroatoms. The van der Waals surface area contributed by atoms with Crippen LogP contribution in [0.1, 0.15) is 36.4 Å². The van der Waals surface area contributed by atoms with Crippen LogP contribution in [0.4, 0.5) is 11.4 Å². The Morgan fingerprint density at radius 2 is 2.04 bits per heavy atom. The molecule has 0 aliphatic carbocycles. The molecule has 0 saturated carbocycles. The molecule has 136 valence electrons. The third kappa shape index (κ3) is 4.26. The number of non-ortho nitro benzene ring substituents is 1. The molecule has 0 radical (unpaired) electrons. The lowest BCUT2D eigenvalue weighted by atomic mass is 10.0. The first-order chi connectivity index (χ1) is 12.5. The second kappa shape index (κ2) is 8.10. The summed E-state index contributed by atoms with van der Waals surface area (Å²) >= 11 is 0.